The van der Waals surface area contributed by atoms with E-state index < -0.39 is 11.8 Å². The van der Waals surface area contributed by atoms with Gasteiger partial charge >= 0.3 is 0 Å². The number of benzene rings is 3. The Labute approximate surface area is 185 Å². The van der Waals surface area contributed by atoms with Crippen LogP contribution in [0.4, 0.5) is 0 Å². The van der Waals surface area contributed by atoms with Crippen molar-refractivity contribution in [1.29, 1.82) is 0 Å². The van der Waals surface area contributed by atoms with Crippen molar-refractivity contribution in [2.75, 3.05) is 0 Å². The van der Waals surface area contributed by atoms with Gasteiger partial charge in [-0.3, -0.25) is 25.8 Å². The van der Waals surface area contributed by atoms with Crippen molar-refractivity contribution in [3.63, 3.8) is 0 Å². The first-order valence-corrected chi connectivity index (χ1v) is 9.92. The first-order chi connectivity index (χ1) is 15.1. The highest BCUT2D eigenvalue weighted by Gasteiger charge is 2.07. The number of rotatable bonds is 6. The minimum absolute atomic E-state index is 0.0149. The standard InChI is InChI=1S/C24H21N3O3S/c28-22(16-11-18-7-3-1-4-8-18)25-24(31)27-26-23(29)20-12-14-21(15-13-20)30-17-19-9-5-2-6-10-19/h1-16H,17H2,(H,26,29)(H2,25,27,28,31)/b16-11+. The Kier molecular flexibility index (Phi) is 7.90. The van der Waals surface area contributed by atoms with E-state index in [9.17, 15) is 9.59 Å². The summed E-state index contributed by atoms with van der Waals surface area (Å²) in [6, 6.07) is 25.9. The summed E-state index contributed by atoms with van der Waals surface area (Å²) in [7, 11) is 0. The summed E-state index contributed by atoms with van der Waals surface area (Å²) in [5, 5.41) is 2.44. The van der Waals surface area contributed by atoms with Crippen LogP contribution < -0.4 is 20.9 Å². The van der Waals surface area contributed by atoms with E-state index in [0.717, 1.165) is 11.1 Å². The predicted molar refractivity (Wildman–Crippen MR) is 124 cm³/mol. The van der Waals surface area contributed by atoms with E-state index in [-0.39, 0.29) is 5.11 Å². The Morgan fingerprint density at radius 2 is 1.48 bits per heavy atom. The lowest BCUT2D eigenvalue weighted by molar-refractivity contribution is -0.115. The van der Waals surface area contributed by atoms with Gasteiger partial charge in [-0.15, -0.1) is 0 Å². The summed E-state index contributed by atoms with van der Waals surface area (Å²) < 4.78 is 5.70. The molecule has 0 aliphatic heterocycles. The average Bonchev–Trinajstić information content (AvgIpc) is 2.81. The number of nitrogens with one attached hydrogen (secondary N) is 3. The van der Waals surface area contributed by atoms with Crippen LogP contribution in [-0.2, 0) is 11.4 Å². The van der Waals surface area contributed by atoms with E-state index in [1.807, 2.05) is 60.7 Å². The van der Waals surface area contributed by atoms with Gasteiger partial charge in [0.1, 0.15) is 12.4 Å². The molecule has 0 aromatic heterocycles. The molecule has 0 fully saturated rings. The number of hydrazine groups is 1. The largest absolute Gasteiger partial charge is 0.489 e. The molecular weight excluding hydrogens is 410 g/mol. The van der Waals surface area contributed by atoms with Crippen LogP contribution in [0.2, 0.25) is 0 Å². The fourth-order valence-electron chi connectivity index (χ4n) is 2.55. The lowest BCUT2D eigenvalue weighted by atomic mass is 10.2. The van der Waals surface area contributed by atoms with Crippen LogP contribution in [0.3, 0.4) is 0 Å². The van der Waals surface area contributed by atoms with Crippen molar-refractivity contribution in [3.05, 3.63) is 108 Å². The van der Waals surface area contributed by atoms with Gasteiger partial charge in [-0.25, -0.2) is 0 Å². The molecule has 3 aromatic carbocycles. The third-order valence-electron chi connectivity index (χ3n) is 4.12. The van der Waals surface area contributed by atoms with Gasteiger partial charge in [0.25, 0.3) is 5.91 Å². The molecule has 156 valence electrons. The third kappa shape index (κ3) is 7.41. The molecule has 3 rings (SSSR count). The summed E-state index contributed by atoms with van der Waals surface area (Å²) in [6.07, 6.45) is 3.03. The van der Waals surface area contributed by atoms with Crippen LogP contribution >= 0.6 is 12.2 Å². The molecular formula is C24H21N3O3S. The molecule has 0 spiro atoms. The molecule has 0 aliphatic rings. The second-order valence-electron chi connectivity index (χ2n) is 6.44. The summed E-state index contributed by atoms with van der Waals surface area (Å²) in [6.45, 7) is 0.445. The maximum atomic E-state index is 12.2. The highest BCUT2D eigenvalue weighted by molar-refractivity contribution is 7.80. The highest BCUT2D eigenvalue weighted by Crippen LogP contribution is 2.14. The summed E-state index contributed by atoms with van der Waals surface area (Å²) >= 11 is 5.02. The van der Waals surface area contributed by atoms with Crippen molar-refractivity contribution in [1.82, 2.24) is 16.2 Å². The summed E-state index contributed by atoms with van der Waals surface area (Å²) in [5.74, 6) is -0.150. The minimum Gasteiger partial charge on any atom is -0.489 e. The number of hydrogen-bond donors (Lipinski definition) is 3. The van der Waals surface area contributed by atoms with E-state index in [1.165, 1.54) is 6.08 Å². The Morgan fingerprint density at radius 1 is 0.839 bits per heavy atom. The van der Waals surface area contributed by atoms with Crippen LogP contribution in [0, 0.1) is 0 Å². The van der Waals surface area contributed by atoms with Gasteiger partial charge in [-0.05, 0) is 53.7 Å². The van der Waals surface area contributed by atoms with Crippen LogP contribution in [0.5, 0.6) is 5.75 Å². The maximum absolute atomic E-state index is 12.2. The Bertz CT molecular complexity index is 1050. The van der Waals surface area contributed by atoms with E-state index in [0.29, 0.717) is 17.9 Å². The molecule has 0 bridgehead atoms. The molecule has 3 N–H and O–H groups in total. The van der Waals surface area contributed by atoms with Crippen LogP contribution in [0.1, 0.15) is 21.5 Å². The van der Waals surface area contributed by atoms with Gasteiger partial charge in [0.2, 0.25) is 5.91 Å². The second kappa shape index (κ2) is 11.3. The fourth-order valence-corrected chi connectivity index (χ4v) is 2.70. The topological polar surface area (TPSA) is 79.5 Å². The zero-order valence-corrected chi connectivity index (χ0v) is 17.4. The van der Waals surface area contributed by atoms with Crippen LogP contribution in [0.25, 0.3) is 6.08 Å². The first-order valence-electron chi connectivity index (χ1n) is 9.51. The minimum atomic E-state index is -0.407. The number of thiocarbonyl (C=S) groups is 1. The first kappa shape index (κ1) is 21.7. The number of carbonyl (C=O) groups is 2. The molecule has 0 heterocycles. The predicted octanol–water partition coefficient (Wildman–Crippen LogP) is 3.61. The third-order valence-corrected chi connectivity index (χ3v) is 4.32. The van der Waals surface area contributed by atoms with E-state index in [1.54, 1.807) is 30.3 Å². The molecule has 31 heavy (non-hydrogen) atoms. The molecule has 0 saturated carbocycles. The average molecular weight is 432 g/mol. The van der Waals surface area contributed by atoms with Gasteiger partial charge in [0.05, 0.1) is 0 Å². The second-order valence-corrected chi connectivity index (χ2v) is 6.85. The van der Waals surface area contributed by atoms with Crippen molar-refractivity contribution >= 4 is 35.2 Å². The fraction of sp³-hybridized carbons (Fsp3) is 0.0417. The molecule has 2 amide bonds. The van der Waals surface area contributed by atoms with Crippen molar-refractivity contribution in [2.24, 2.45) is 0 Å². The molecule has 0 radical (unpaired) electrons. The zero-order valence-electron chi connectivity index (χ0n) is 16.6. The quantitative estimate of drug-likeness (QED) is 0.316. The van der Waals surface area contributed by atoms with Gasteiger partial charge < -0.3 is 4.74 Å². The van der Waals surface area contributed by atoms with E-state index in [4.69, 9.17) is 17.0 Å². The smallest absolute Gasteiger partial charge is 0.269 e. The summed E-state index contributed by atoms with van der Waals surface area (Å²) in [4.78, 5) is 24.1. The van der Waals surface area contributed by atoms with Crippen LogP contribution in [-0.4, -0.2) is 16.9 Å². The molecule has 7 heteroatoms. The lowest BCUT2D eigenvalue weighted by Gasteiger charge is -2.10. The highest BCUT2D eigenvalue weighted by atomic mass is 32.1. The molecule has 0 unspecified atom stereocenters. The van der Waals surface area contributed by atoms with E-state index >= 15 is 0 Å². The van der Waals surface area contributed by atoms with Gasteiger partial charge in [-0.1, -0.05) is 60.7 Å². The van der Waals surface area contributed by atoms with Crippen molar-refractivity contribution in [2.45, 2.75) is 6.61 Å². The SMILES string of the molecule is O=C(/C=C/c1ccccc1)NC(=S)NNC(=O)c1ccc(OCc2ccccc2)cc1. The van der Waals surface area contributed by atoms with Crippen molar-refractivity contribution < 1.29 is 14.3 Å². The molecule has 3 aromatic rings. The Morgan fingerprint density at radius 3 is 2.16 bits per heavy atom. The number of ether oxygens (including phenoxy) is 1. The van der Waals surface area contributed by atoms with Crippen molar-refractivity contribution in [3.8, 4) is 5.75 Å². The lowest BCUT2D eigenvalue weighted by Crippen LogP contribution is -2.48. The van der Waals surface area contributed by atoms with Gasteiger partial charge in [0, 0.05) is 11.6 Å². The van der Waals surface area contributed by atoms with Gasteiger partial charge in [0.15, 0.2) is 5.11 Å². The molecule has 0 aliphatic carbocycles. The zero-order chi connectivity index (χ0) is 21.9. The molecule has 0 saturated heterocycles. The maximum Gasteiger partial charge on any atom is 0.269 e. The summed E-state index contributed by atoms with van der Waals surface area (Å²) in [5.41, 5.74) is 7.31. The Balaban J connectivity index is 1.41. The number of hydrogen-bond acceptors (Lipinski definition) is 4. The number of carbonyl (C=O) groups excluding carboxylic acids is 2. The molecule has 0 atom stereocenters. The molecule has 6 nitrogen and oxygen atoms in total. The Hall–Kier alpha value is -3.97. The monoisotopic (exact) mass is 431 g/mol. The van der Waals surface area contributed by atoms with Crippen LogP contribution in [0.15, 0.2) is 91.0 Å². The normalized spacial score (nSPS) is 10.3. The van der Waals surface area contributed by atoms with Gasteiger partial charge in [-0.2, -0.15) is 0 Å². The van der Waals surface area contributed by atoms with E-state index in [2.05, 4.69) is 16.2 Å². The number of amides is 2.